The van der Waals surface area contributed by atoms with E-state index in [0.29, 0.717) is 0 Å². The van der Waals surface area contributed by atoms with Gasteiger partial charge in [-0.15, -0.1) is 0 Å². The van der Waals surface area contributed by atoms with Gasteiger partial charge in [0.1, 0.15) is 5.56 Å². The summed E-state index contributed by atoms with van der Waals surface area (Å²) in [6.45, 7) is 0.107. The number of halogens is 4. The standard InChI is InChI=1S/C13H9BrF3NO/c14-10-5-3-9(4-6-10)8-18-7-1-2-11(12(18)19)13(15,16)17/h1-7H,8H2. The summed E-state index contributed by atoms with van der Waals surface area (Å²) >= 11 is 3.27. The molecule has 0 saturated heterocycles. The number of hydrogen-bond acceptors (Lipinski definition) is 1. The maximum absolute atomic E-state index is 12.6. The normalized spacial score (nSPS) is 11.6. The number of alkyl halides is 3. The highest BCUT2D eigenvalue weighted by Crippen LogP contribution is 2.26. The SMILES string of the molecule is O=c1c(C(F)(F)F)cccn1Cc1ccc(Br)cc1. The van der Waals surface area contributed by atoms with Gasteiger partial charge in [0, 0.05) is 10.7 Å². The Kier molecular flexibility index (Phi) is 3.80. The van der Waals surface area contributed by atoms with E-state index in [1.807, 2.05) is 0 Å². The van der Waals surface area contributed by atoms with Crippen molar-refractivity contribution >= 4 is 15.9 Å². The molecule has 1 aromatic heterocycles. The maximum atomic E-state index is 12.6. The number of benzene rings is 1. The maximum Gasteiger partial charge on any atom is 0.421 e. The second-order valence-electron chi connectivity index (χ2n) is 3.98. The quantitative estimate of drug-likeness (QED) is 0.822. The van der Waals surface area contributed by atoms with Crippen molar-refractivity contribution in [1.82, 2.24) is 4.57 Å². The summed E-state index contributed by atoms with van der Waals surface area (Å²) in [5.41, 5.74) is -1.42. The van der Waals surface area contributed by atoms with Crippen LogP contribution in [0.5, 0.6) is 0 Å². The van der Waals surface area contributed by atoms with Gasteiger partial charge in [-0.2, -0.15) is 13.2 Å². The van der Waals surface area contributed by atoms with Crippen LogP contribution in [0.2, 0.25) is 0 Å². The fraction of sp³-hybridized carbons (Fsp3) is 0.154. The Bertz CT molecular complexity index is 632. The van der Waals surface area contributed by atoms with Crippen molar-refractivity contribution in [2.24, 2.45) is 0 Å². The van der Waals surface area contributed by atoms with Crippen molar-refractivity contribution in [3.63, 3.8) is 0 Å². The molecule has 0 aliphatic rings. The van der Waals surface area contributed by atoms with Crippen LogP contribution >= 0.6 is 15.9 Å². The molecule has 2 aromatic rings. The van der Waals surface area contributed by atoms with Gasteiger partial charge in [0.2, 0.25) is 0 Å². The summed E-state index contributed by atoms with van der Waals surface area (Å²) in [6, 6.07) is 9.05. The van der Waals surface area contributed by atoms with E-state index in [1.54, 1.807) is 24.3 Å². The molecule has 1 aromatic carbocycles. The van der Waals surface area contributed by atoms with Crippen LogP contribution in [0.4, 0.5) is 13.2 Å². The number of hydrogen-bond donors (Lipinski definition) is 0. The van der Waals surface area contributed by atoms with E-state index >= 15 is 0 Å². The van der Waals surface area contributed by atoms with Gasteiger partial charge in [0.25, 0.3) is 5.56 Å². The first kappa shape index (κ1) is 13.9. The number of nitrogens with zero attached hydrogens (tertiary/aromatic N) is 1. The van der Waals surface area contributed by atoms with Crippen molar-refractivity contribution in [2.45, 2.75) is 12.7 Å². The Labute approximate surface area is 115 Å². The van der Waals surface area contributed by atoms with Gasteiger partial charge in [0.15, 0.2) is 0 Å². The zero-order chi connectivity index (χ0) is 14.0. The molecule has 2 rings (SSSR count). The lowest BCUT2D eigenvalue weighted by Gasteiger charge is -2.10. The summed E-state index contributed by atoms with van der Waals surface area (Å²) in [6.07, 6.45) is -3.28. The molecule has 0 saturated carbocycles. The second-order valence-corrected chi connectivity index (χ2v) is 4.89. The average molecular weight is 332 g/mol. The van der Waals surface area contributed by atoms with E-state index in [4.69, 9.17) is 0 Å². The smallest absolute Gasteiger partial charge is 0.311 e. The van der Waals surface area contributed by atoms with Crippen LogP contribution in [0.1, 0.15) is 11.1 Å². The number of pyridine rings is 1. The highest BCUT2D eigenvalue weighted by atomic mass is 79.9. The molecular formula is C13H9BrF3NO. The first-order chi connectivity index (χ1) is 8.88. The molecule has 0 bridgehead atoms. The second kappa shape index (κ2) is 5.21. The topological polar surface area (TPSA) is 22.0 Å². The van der Waals surface area contributed by atoms with Crippen LogP contribution in [0.25, 0.3) is 0 Å². The van der Waals surface area contributed by atoms with Crippen LogP contribution in [0, 0.1) is 0 Å². The Balaban J connectivity index is 2.37. The van der Waals surface area contributed by atoms with Crippen LogP contribution in [0.15, 0.2) is 51.9 Å². The van der Waals surface area contributed by atoms with E-state index in [0.717, 1.165) is 20.7 Å². The van der Waals surface area contributed by atoms with Crippen LogP contribution in [0.3, 0.4) is 0 Å². The molecule has 1 heterocycles. The molecule has 0 amide bonds. The fourth-order valence-electron chi connectivity index (χ4n) is 1.66. The molecule has 6 heteroatoms. The van der Waals surface area contributed by atoms with E-state index in [2.05, 4.69) is 15.9 Å². The molecule has 0 spiro atoms. The fourth-order valence-corrected chi connectivity index (χ4v) is 1.93. The number of aromatic nitrogens is 1. The Morgan fingerprint density at radius 2 is 1.74 bits per heavy atom. The summed E-state index contributed by atoms with van der Waals surface area (Å²) in [7, 11) is 0. The summed E-state index contributed by atoms with van der Waals surface area (Å²) in [5, 5.41) is 0. The van der Waals surface area contributed by atoms with Gasteiger partial charge in [-0.05, 0) is 29.8 Å². The highest BCUT2D eigenvalue weighted by molar-refractivity contribution is 9.10. The monoisotopic (exact) mass is 331 g/mol. The van der Waals surface area contributed by atoms with Crippen LogP contribution in [-0.4, -0.2) is 4.57 Å². The van der Waals surface area contributed by atoms with E-state index in [1.165, 1.54) is 12.3 Å². The van der Waals surface area contributed by atoms with Gasteiger partial charge in [-0.3, -0.25) is 4.79 Å². The van der Waals surface area contributed by atoms with Gasteiger partial charge in [-0.25, -0.2) is 0 Å². The first-order valence-electron chi connectivity index (χ1n) is 5.39. The highest BCUT2D eigenvalue weighted by Gasteiger charge is 2.34. The molecule has 0 radical (unpaired) electrons. The zero-order valence-corrected chi connectivity index (χ0v) is 11.2. The Morgan fingerprint density at radius 3 is 2.32 bits per heavy atom. The van der Waals surface area contributed by atoms with Crippen molar-refractivity contribution < 1.29 is 13.2 Å². The predicted molar refractivity (Wildman–Crippen MR) is 68.9 cm³/mol. The third-order valence-corrected chi connectivity index (χ3v) is 3.12. The summed E-state index contributed by atoms with van der Waals surface area (Å²) in [4.78, 5) is 11.7. The van der Waals surface area contributed by atoms with E-state index < -0.39 is 17.3 Å². The minimum absolute atomic E-state index is 0.107. The third kappa shape index (κ3) is 3.26. The van der Waals surface area contributed by atoms with Crippen molar-refractivity contribution in [1.29, 1.82) is 0 Å². The molecule has 0 fully saturated rings. The minimum atomic E-state index is -4.63. The molecule has 2 nitrogen and oxygen atoms in total. The molecular weight excluding hydrogens is 323 g/mol. The summed E-state index contributed by atoms with van der Waals surface area (Å²) in [5.74, 6) is 0. The molecule has 0 unspecified atom stereocenters. The van der Waals surface area contributed by atoms with Crippen molar-refractivity contribution in [2.75, 3.05) is 0 Å². The largest absolute Gasteiger partial charge is 0.421 e. The van der Waals surface area contributed by atoms with Gasteiger partial charge in [-0.1, -0.05) is 28.1 Å². The molecule has 0 atom stereocenters. The molecule has 100 valence electrons. The van der Waals surface area contributed by atoms with E-state index in [9.17, 15) is 18.0 Å². The van der Waals surface area contributed by atoms with Crippen LogP contribution < -0.4 is 5.56 Å². The molecule has 0 aliphatic heterocycles. The first-order valence-corrected chi connectivity index (χ1v) is 6.18. The van der Waals surface area contributed by atoms with Crippen molar-refractivity contribution in [3.8, 4) is 0 Å². The van der Waals surface area contributed by atoms with Gasteiger partial charge >= 0.3 is 6.18 Å². The average Bonchev–Trinajstić information content (AvgIpc) is 2.33. The van der Waals surface area contributed by atoms with Gasteiger partial charge in [0.05, 0.1) is 6.54 Å². The lowest BCUT2D eigenvalue weighted by Crippen LogP contribution is -2.28. The van der Waals surface area contributed by atoms with Crippen molar-refractivity contribution in [3.05, 3.63) is 68.5 Å². The predicted octanol–water partition coefficient (Wildman–Crippen LogP) is 3.68. The summed E-state index contributed by atoms with van der Waals surface area (Å²) < 4.78 is 39.7. The Morgan fingerprint density at radius 1 is 1.11 bits per heavy atom. The number of rotatable bonds is 2. The van der Waals surface area contributed by atoms with Gasteiger partial charge < -0.3 is 4.57 Å². The van der Waals surface area contributed by atoms with E-state index in [-0.39, 0.29) is 6.54 Å². The van der Waals surface area contributed by atoms with Crippen LogP contribution in [-0.2, 0) is 12.7 Å². The zero-order valence-electron chi connectivity index (χ0n) is 9.62. The Hall–Kier alpha value is -1.56. The lowest BCUT2D eigenvalue weighted by atomic mass is 10.2. The molecule has 0 N–H and O–H groups in total. The minimum Gasteiger partial charge on any atom is -0.311 e. The molecule has 0 aliphatic carbocycles. The lowest BCUT2D eigenvalue weighted by molar-refractivity contribution is -0.138. The molecule has 19 heavy (non-hydrogen) atoms. The third-order valence-electron chi connectivity index (χ3n) is 2.59.